The van der Waals surface area contributed by atoms with Gasteiger partial charge < -0.3 is 0 Å². The highest BCUT2D eigenvalue weighted by Crippen LogP contribution is 2.44. The van der Waals surface area contributed by atoms with E-state index < -0.39 is 0 Å². The molecule has 10 aromatic rings. The molecule has 0 amide bonds. The van der Waals surface area contributed by atoms with Crippen LogP contribution in [0.3, 0.4) is 0 Å². The minimum atomic E-state index is 0.639. The summed E-state index contributed by atoms with van der Waals surface area (Å²) in [5, 5.41) is 13.0. The van der Waals surface area contributed by atoms with Gasteiger partial charge in [0.15, 0.2) is 0 Å². The van der Waals surface area contributed by atoms with Gasteiger partial charge in [-0.25, -0.2) is 0 Å². The zero-order chi connectivity index (χ0) is 37.0. The Morgan fingerprint density at radius 1 is 0.268 bits per heavy atom. The van der Waals surface area contributed by atoms with Crippen LogP contribution in [0.15, 0.2) is 188 Å². The highest BCUT2D eigenvalue weighted by atomic mass is 14.2. The smallest absolute Gasteiger partial charge is 0.00923 e. The maximum Gasteiger partial charge on any atom is -0.00923 e. The Hall–Kier alpha value is -6.50. The number of benzene rings is 10. The van der Waals surface area contributed by atoms with E-state index in [0.29, 0.717) is 5.92 Å². The van der Waals surface area contributed by atoms with Gasteiger partial charge in [0.25, 0.3) is 0 Å². The second-order valence-electron chi connectivity index (χ2n) is 15.9. The molecule has 1 fully saturated rings. The normalized spacial score (nSPS) is 13.6. The van der Waals surface area contributed by atoms with E-state index in [1.165, 1.54) is 136 Å². The van der Waals surface area contributed by atoms with E-state index in [0.717, 1.165) is 0 Å². The topological polar surface area (TPSA) is 0 Å². The van der Waals surface area contributed by atoms with Crippen molar-refractivity contribution in [3.8, 4) is 44.5 Å². The molecule has 1 aliphatic rings. The maximum absolute atomic E-state index is 2.55. The summed E-state index contributed by atoms with van der Waals surface area (Å²) in [6.45, 7) is 0. The van der Waals surface area contributed by atoms with E-state index in [2.05, 4.69) is 188 Å². The number of fused-ring (bicyclic) bond motifs is 7. The van der Waals surface area contributed by atoms with Crippen LogP contribution in [0.4, 0.5) is 0 Å². The number of hydrogen-bond acceptors (Lipinski definition) is 0. The first-order valence-electron chi connectivity index (χ1n) is 20.3. The molecule has 0 spiro atoms. The molecule has 1 aliphatic carbocycles. The lowest BCUT2D eigenvalue weighted by Gasteiger charge is -2.23. The van der Waals surface area contributed by atoms with E-state index in [-0.39, 0.29) is 0 Å². The lowest BCUT2D eigenvalue weighted by Crippen LogP contribution is -2.04. The maximum atomic E-state index is 2.55. The number of rotatable bonds is 5. The molecule has 1 saturated carbocycles. The fraction of sp³-hybridized carbons (Fsp3) is 0.107. The number of hydrogen-bond donors (Lipinski definition) is 0. The minimum absolute atomic E-state index is 0.639. The zero-order valence-corrected chi connectivity index (χ0v) is 31.5. The highest BCUT2D eigenvalue weighted by Gasteiger charge is 2.19. The highest BCUT2D eigenvalue weighted by molar-refractivity contribution is 6.24. The van der Waals surface area contributed by atoms with Crippen LogP contribution in [0.25, 0.3) is 98.4 Å². The molecule has 0 heterocycles. The SMILES string of the molecule is c1ccc2cc(-c3ccc(-c4cc5c6ccc(C7CCCCC7)cc6c(-c6ccc(-c7ccc8ccccc8c7)cc6)cc5c5ccccc45)cc3)ccc2c1. The van der Waals surface area contributed by atoms with Gasteiger partial charge >= 0.3 is 0 Å². The predicted octanol–water partition coefficient (Wildman–Crippen LogP) is 16.2. The Kier molecular flexibility index (Phi) is 8.02. The summed E-state index contributed by atoms with van der Waals surface area (Å²) in [6, 6.07) is 70.7. The largest absolute Gasteiger partial charge is 0.0616 e. The van der Waals surface area contributed by atoms with E-state index in [1.54, 1.807) is 0 Å². The molecule has 11 rings (SSSR count). The van der Waals surface area contributed by atoms with Crippen molar-refractivity contribution in [2.75, 3.05) is 0 Å². The molecule has 10 aromatic carbocycles. The summed E-state index contributed by atoms with van der Waals surface area (Å²) in [7, 11) is 0. The molecule has 0 saturated heterocycles. The third-order valence-electron chi connectivity index (χ3n) is 12.6. The molecule has 266 valence electrons. The van der Waals surface area contributed by atoms with E-state index in [1.807, 2.05) is 0 Å². The lowest BCUT2D eigenvalue weighted by molar-refractivity contribution is 0.444. The van der Waals surface area contributed by atoms with Gasteiger partial charge in [0.05, 0.1) is 0 Å². The Labute approximate surface area is 328 Å². The van der Waals surface area contributed by atoms with Gasteiger partial charge in [0.2, 0.25) is 0 Å². The van der Waals surface area contributed by atoms with Gasteiger partial charge in [-0.2, -0.15) is 0 Å². The fourth-order valence-electron chi connectivity index (χ4n) is 9.61. The minimum Gasteiger partial charge on any atom is -0.0616 e. The molecule has 56 heavy (non-hydrogen) atoms. The van der Waals surface area contributed by atoms with Crippen LogP contribution in [0.5, 0.6) is 0 Å². The molecule has 0 nitrogen and oxygen atoms in total. The first-order valence-corrected chi connectivity index (χ1v) is 20.3. The molecule has 0 radical (unpaired) electrons. The summed E-state index contributed by atoms with van der Waals surface area (Å²) in [5.41, 5.74) is 11.6. The van der Waals surface area contributed by atoms with Crippen LogP contribution >= 0.6 is 0 Å². The van der Waals surface area contributed by atoms with Gasteiger partial charge in [-0.3, -0.25) is 0 Å². The monoisotopic (exact) mass is 714 g/mol. The van der Waals surface area contributed by atoms with E-state index in [9.17, 15) is 0 Å². The van der Waals surface area contributed by atoms with Crippen molar-refractivity contribution in [3.05, 3.63) is 194 Å². The van der Waals surface area contributed by atoms with Gasteiger partial charge in [-0.1, -0.05) is 183 Å². The van der Waals surface area contributed by atoms with E-state index >= 15 is 0 Å². The average molecular weight is 715 g/mol. The predicted molar refractivity (Wildman–Crippen MR) is 242 cm³/mol. The van der Waals surface area contributed by atoms with Gasteiger partial charge in [0, 0.05) is 0 Å². The van der Waals surface area contributed by atoms with Crippen molar-refractivity contribution in [1.82, 2.24) is 0 Å². The quantitative estimate of drug-likeness (QED) is 0.156. The molecule has 0 bridgehead atoms. The summed E-state index contributed by atoms with van der Waals surface area (Å²) >= 11 is 0. The summed E-state index contributed by atoms with van der Waals surface area (Å²) in [5.74, 6) is 0.639. The van der Waals surface area contributed by atoms with Crippen LogP contribution in [0, 0.1) is 0 Å². The van der Waals surface area contributed by atoms with Crippen LogP contribution in [0.2, 0.25) is 0 Å². The lowest BCUT2D eigenvalue weighted by atomic mass is 9.81. The molecule has 0 N–H and O–H groups in total. The molecule has 0 aromatic heterocycles. The van der Waals surface area contributed by atoms with Crippen molar-refractivity contribution < 1.29 is 0 Å². The zero-order valence-electron chi connectivity index (χ0n) is 31.5. The van der Waals surface area contributed by atoms with Crippen molar-refractivity contribution in [2.24, 2.45) is 0 Å². The first kappa shape index (κ1) is 32.9. The molecule has 0 heteroatoms. The van der Waals surface area contributed by atoms with Crippen LogP contribution < -0.4 is 0 Å². The van der Waals surface area contributed by atoms with Crippen molar-refractivity contribution >= 4 is 53.9 Å². The molecule has 0 atom stereocenters. The summed E-state index contributed by atoms with van der Waals surface area (Å²) in [4.78, 5) is 0. The first-order chi connectivity index (χ1) is 27.7. The summed E-state index contributed by atoms with van der Waals surface area (Å²) < 4.78 is 0. The molecular formula is C56H42. The van der Waals surface area contributed by atoms with Crippen molar-refractivity contribution in [3.63, 3.8) is 0 Å². The third kappa shape index (κ3) is 5.76. The van der Waals surface area contributed by atoms with Crippen LogP contribution in [0.1, 0.15) is 43.6 Å². The second kappa shape index (κ2) is 13.7. The Morgan fingerprint density at radius 2 is 0.714 bits per heavy atom. The van der Waals surface area contributed by atoms with Crippen molar-refractivity contribution in [1.29, 1.82) is 0 Å². The van der Waals surface area contributed by atoms with Gasteiger partial charge in [-0.15, -0.1) is 0 Å². The van der Waals surface area contributed by atoms with Crippen LogP contribution in [-0.4, -0.2) is 0 Å². The molecular weight excluding hydrogens is 673 g/mol. The molecule has 0 unspecified atom stereocenters. The fourth-order valence-corrected chi connectivity index (χ4v) is 9.61. The third-order valence-corrected chi connectivity index (χ3v) is 12.6. The van der Waals surface area contributed by atoms with Crippen LogP contribution in [-0.2, 0) is 0 Å². The average Bonchev–Trinajstić information content (AvgIpc) is 3.28. The molecule has 0 aliphatic heterocycles. The van der Waals surface area contributed by atoms with Gasteiger partial charge in [0.1, 0.15) is 0 Å². The Morgan fingerprint density at radius 3 is 1.29 bits per heavy atom. The Balaban J connectivity index is 1.07. The van der Waals surface area contributed by atoms with Gasteiger partial charge in [-0.05, 0) is 147 Å². The standard InChI is InChI=1S/C56H42/c1-2-10-37(11-3-1)48-30-31-51-54(34-48)53(43-26-20-41(21-27-43)47-29-23-39-13-5-7-15-45(39)33-47)36-55-50-17-9-8-16-49(50)52(35-56(51)55)42-24-18-40(19-25-42)46-28-22-38-12-4-6-14-44(38)32-46/h4-9,12-37H,1-3,10-11H2. The van der Waals surface area contributed by atoms with E-state index in [4.69, 9.17) is 0 Å². The Bertz CT molecular complexity index is 3090. The second-order valence-corrected chi connectivity index (χ2v) is 15.9. The summed E-state index contributed by atoms with van der Waals surface area (Å²) in [6.07, 6.45) is 6.61. The van der Waals surface area contributed by atoms with Crippen molar-refractivity contribution in [2.45, 2.75) is 38.0 Å².